The molecule has 1 N–H and O–H groups in total. The second-order valence-corrected chi connectivity index (χ2v) is 10.00. The summed E-state index contributed by atoms with van der Waals surface area (Å²) in [6.07, 6.45) is -1.75. The molecule has 13 heteroatoms. The van der Waals surface area contributed by atoms with Crippen LogP contribution in [0.25, 0.3) is 16.1 Å². The predicted octanol–water partition coefficient (Wildman–Crippen LogP) is 3.20. The number of nitrogens with one attached hydrogen (secondary N) is 1. The summed E-state index contributed by atoms with van der Waals surface area (Å²) in [4.78, 5) is 15.6. The molecule has 0 amide bonds. The summed E-state index contributed by atoms with van der Waals surface area (Å²) in [5.74, 6) is -1.13. The number of aryl methyl sites for hydroxylation is 1. The Kier molecular flexibility index (Phi) is 6.40. The molecular weight excluding hydrogens is 460 g/mol. The van der Waals surface area contributed by atoms with Crippen LogP contribution in [-0.4, -0.2) is 48.3 Å². The van der Waals surface area contributed by atoms with E-state index < -0.39 is 56.7 Å². The van der Waals surface area contributed by atoms with Gasteiger partial charge in [0.2, 0.25) is 10.0 Å². The lowest BCUT2D eigenvalue weighted by atomic mass is 10.3. The molecule has 0 atom stereocenters. The summed E-state index contributed by atoms with van der Waals surface area (Å²) >= 11 is 0.406. The zero-order valence-electron chi connectivity index (χ0n) is 16.7. The van der Waals surface area contributed by atoms with Crippen molar-refractivity contribution in [3.63, 3.8) is 0 Å². The molecule has 2 aromatic rings. The van der Waals surface area contributed by atoms with Gasteiger partial charge in [-0.05, 0) is 25.8 Å². The number of aliphatic imine (C=N–C) groups is 1. The molecule has 31 heavy (non-hydrogen) atoms. The average Bonchev–Trinajstić information content (AvgIpc) is 3.33. The number of imidazole rings is 1. The van der Waals surface area contributed by atoms with Crippen molar-refractivity contribution >= 4 is 42.9 Å². The number of sulfonamides is 1. The van der Waals surface area contributed by atoms with E-state index in [4.69, 9.17) is 0 Å². The SMILES string of the molecule is C=C(SC(=NC)C(F)F)n1c(=O)n(CCF)c2cc(F)c(S(=O)(=O)NC3(C)CC3)cc21. The molecule has 0 spiro atoms. The van der Waals surface area contributed by atoms with E-state index in [9.17, 15) is 30.8 Å². The molecule has 0 unspecified atom stereocenters. The Hall–Kier alpha value is -2.12. The summed E-state index contributed by atoms with van der Waals surface area (Å²) in [5.41, 5.74) is -1.75. The van der Waals surface area contributed by atoms with Gasteiger partial charge in [0.15, 0.2) is 0 Å². The first-order chi connectivity index (χ1) is 14.4. The Morgan fingerprint density at radius 3 is 2.52 bits per heavy atom. The number of benzene rings is 1. The Morgan fingerprint density at radius 2 is 2.00 bits per heavy atom. The van der Waals surface area contributed by atoms with Gasteiger partial charge >= 0.3 is 5.69 Å². The smallest absolute Gasteiger partial charge is 0.289 e. The zero-order chi connectivity index (χ0) is 23.1. The summed E-state index contributed by atoms with van der Waals surface area (Å²) in [6.45, 7) is 3.88. The van der Waals surface area contributed by atoms with Gasteiger partial charge in [-0.1, -0.05) is 18.3 Å². The quantitative estimate of drug-likeness (QED) is 0.357. The molecule has 0 aliphatic heterocycles. The molecule has 3 rings (SSSR count). The van der Waals surface area contributed by atoms with Crippen LogP contribution in [0.5, 0.6) is 0 Å². The second-order valence-electron chi connectivity index (χ2n) is 7.25. The Labute approximate surface area is 179 Å². The fraction of sp³-hybridized carbons (Fsp3) is 0.444. The third-order valence-corrected chi connectivity index (χ3v) is 7.48. The van der Waals surface area contributed by atoms with E-state index in [2.05, 4.69) is 16.3 Å². The maximum atomic E-state index is 14.8. The van der Waals surface area contributed by atoms with E-state index in [0.717, 1.165) is 28.3 Å². The van der Waals surface area contributed by atoms with Gasteiger partial charge in [0.25, 0.3) is 6.43 Å². The lowest BCUT2D eigenvalue weighted by Crippen LogP contribution is -2.34. The van der Waals surface area contributed by atoms with E-state index in [1.54, 1.807) is 6.92 Å². The van der Waals surface area contributed by atoms with Crippen molar-refractivity contribution in [1.29, 1.82) is 0 Å². The van der Waals surface area contributed by atoms with Crippen LogP contribution >= 0.6 is 11.8 Å². The fourth-order valence-corrected chi connectivity index (χ4v) is 5.26. The third-order valence-electron chi connectivity index (χ3n) is 4.84. The number of nitrogens with zero attached hydrogens (tertiary/aromatic N) is 3. The van der Waals surface area contributed by atoms with Gasteiger partial charge in [0.05, 0.1) is 22.6 Å². The van der Waals surface area contributed by atoms with Crippen molar-refractivity contribution in [3.8, 4) is 0 Å². The van der Waals surface area contributed by atoms with Gasteiger partial charge in [-0.2, -0.15) is 0 Å². The van der Waals surface area contributed by atoms with Gasteiger partial charge in [0, 0.05) is 18.7 Å². The number of alkyl halides is 3. The van der Waals surface area contributed by atoms with Crippen molar-refractivity contribution in [1.82, 2.24) is 13.9 Å². The Balaban J connectivity index is 2.20. The first-order valence-corrected chi connectivity index (χ1v) is 11.4. The number of halogens is 4. The number of fused-ring (bicyclic) bond motifs is 1. The first-order valence-electron chi connectivity index (χ1n) is 9.11. The van der Waals surface area contributed by atoms with Gasteiger partial charge < -0.3 is 0 Å². The highest BCUT2D eigenvalue weighted by molar-refractivity contribution is 8.21. The van der Waals surface area contributed by atoms with Crippen molar-refractivity contribution < 1.29 is 26.0 Å². The third kappa shape index (κ3) is 4.58. The number of hydrogen-bond donors (Lipinski definition) is 1. The normalized spacial score (nSPS) is 16.3. The Bertz CT molecular complexity index is 1230. The molecule has 7 nitrogen and oxygen atoms in total. The van der Waals surface area contributed by atoms with Gasteiger partial charge in [0.1, 0.15) is 22.4 Å². The molecule has 0 bridgehead atoms. The van der Waals surface area contributed by atoms with Crippen LogP contribution < -0.4 is 10.4 Å². The maximum Gasteiger partial charge on any atom is 0.334 e. The van der Waals surface area contributed by atoms with E-state index in [0.29, 0.717) is 24.6 Å². The summed E-state index contributed by atoms with van der Waals surface area (Å²) in [7, 11) is -3.14. The Morgan fingerprint density at radius 1 is 1.35 bits per heavy atom. The lowest BCUT2D eigenvalue weighted by Gasteiger charge is -2.13. The van der Waals surface area contributed by atoms with Crippen LogP contribution in [0.1, 0.15) is 19.8 Å². The average molecular weight is 481 g/mol. The minimum absolute atomic E-state index is 0.0921. The van der Waals surface area contributed by atoms with Crippen molar-refractivity contribution in [2.75, 3.05) is 13.7 Å². The number of aromatic nitrogens is 2. The van der Waals surface area contributed by atoms with Gasteiger partial charge in [-0.25, -0.2) is 35.5 Å². The minimum Gasteiger partial charge on any atom is -0.289 e. The zero-order valence-corrected chi connectivity index (χ0v) is 18.3. The molecule has 1 aliphatic carbocycles. The summed E-state index contributed by atoms with van der Waals surface area (Å²) < 4.78 is 83.5. The molecule has 1 aromatic heterocycles. The van der Waals surface area contributed by atoms with Crippen LogP contribution in [0.3, 0.4) is 0 Å². The van der Waals surface area contributed by atoms with Crippen LogP contribution in [0.4, 0.5) is 17.6 Å². The molecular formula is C18H20F4N4O3S2. The van der Waals surface area contributed by atoms with Gasteiger partial charge in [-0.15, -0.1) is 0 Å². The van der Waals surface area contributed by atoms with Crippen molar-refractivity contribution in [3.05, 3.63) is 35.0 Å². The molecule has 1 saturated carbocycles. The second kappa shape index (κ2) is 8.43. The number of hydrogen-bond acceptors (Lipinski definition) is 5. The van der Waals surface area contributed by atoms with E-state index in [-0.39, 0.29) is 16.1 Å². The van der Waals surface area contributed by atoms with E-state index >= 15 is 0 Å². The van der Waals surface area contributed by atoms with Gasteiger partial charge in [-0.3, -0.25) is 14.1 Å². The molecule has 1 aliphatic rings. The largest absolute Gasteiger partial charge is 0.334 e. The maximum absolute atomic E-state index is 14.8. The number of thioether (sulfide) groups is 1. The fourth-order valence-electron chi connectivity index (χ4n) is 3.02. The highest BCUT2D eigenvalue weighted by Gasteiger charge is 2.42. The highest BCUT2D eigenvalue weighted by atomic mass is 32.2. The standard InChI is InChI=1S/C18H20F4N4O3S2/c1-10(30-16(23-3)15(21)22)26-13-9-14(31(28,29)24-18(2)4-5-18)11(20)8-12(13)25(7-6-19)17(26)27/h8-9,15,24H,1,4-7H2,2-3H3. The van der Waals surface area contributed by atoms with Crippen molar-refractivity contribution in [2.45, 2.75) is 43.2 Å². The molecule has 1 aromatic carbocycles. The van der Waals surface area contributed by atoms with Crippen LogP contribution in [0, 0.1) is 5.82 Å². The molecule has 0 saturated heterocycles. The summed E-state index contributed by atoms with van der Waals surface area (Å²) in [5, 5.41) is -0.841. The minimum atomic E-state index is -4.28. The summed E-state index contributed by atoms with van der Waals surface area (Å²) in [6, 6.07) is 1.73. The molecule has 1 fully saturated rings. The molecule has 170 valence electrons. The van der Waals surface area contributed by atoms with Crippen molar-refractivity contribution in [2.24, 2.45) is 4.99 Å². The number of rotatable bonds is 8. The van der Waals surface area contributed by atoms with Crippen LogP contribution in [0.15, 0.2) is 33.4 Å². The molecule has 0 radical (unpaired) electrons. The highest BCUT2D eigenvalue weighted by Crippen LogP contribution is 2.37. The molecule has 1 heterocycles. The van der Waals surface area contributed by atoms with Crippen LogP contribution in [0.2, 0.25) is 0 Å². The van der Waals surface area contributed by atoms with E-state index in [1.165, 1.54) is 0 Å². The lowest BCUT2D eigenvalue weighted by molar-refractivity contribution is 0.229. The van der Waals surface area contributed by atoms with Crippen LogP contribution in [-0.2, 0) is 16.6 Å². The monoisotopic (exact) mass is 480 g/mol. The topological polar surface area (TPSA) is 85.5 Å². The predicted molar refractivity (Wildman–Crippen MR) is 112 cm³/mol. The van der Waals surface area contributed by atoms with E-state index in [1.807, 2.05) is 0 Å². The first kappa shape index (κ1) is 23.5.